The Bertz CT molecular complexity index is 980. The molecule has 6 heteroatoms. The van der Waals surface area contributed by atoms with Crippen LogP contribution in [0.4, 0.5) is 0 Å². The van der Waals surface area contributed by atoms with Crippen LogP contribution in [0.3, 0.4) is 0 Å². The van der Waals surface area contributed by atoms with E-state index >= 15 is 0 Å². The Morgan fingerprint density at radius 3 is 1.94 bits per heavy atom. The van der Waals surface area contributed by atoms with E-state index in [0.717, 1.165) is 11.1 Å². The van der Waals surface area contributed by atoms with Gasteiger partial charge in [-0.2, -0.15) is 0 Å². The van der Waals surface area contributed by atoms with Gasteiger partial charge in [-0.05, 0) is 98.8 Å². The molecule has 188 valence electrons. The first-order valence-electron chi connectivity index (χ1n) is 12.3. The van der Waals surface area contributed by atoms with Gasteiger partial charge in [0.05, 0.1) is 22.2 Å². The maximum atomic E-state index is 14.5. The minimum atomic E-state index is -1.61. The molecule has 0 amide bonds. The summed E-state index contributed by atoms with van der Waals surface area (Å²) in [4.78, 5) is 41.1. The summed E-state index contributed by atoms with van der Waals surface area (Å²) in [7, 11) is 0. The smallest absolute Gasteiger partial charge is 0.184 e. The van der Waals surface area contributed by atoms with Crippen LogP contribution in [0.1, 0.15) is 87.0 Å². The maximum absolute atomic E-state index is 14.5. The molecule has 0 saturated heterocycles. The van der Waals surface area contributed by atoms with Crippen molar-refractivity contribution >= 4 is 17.3 Å². The Morgan fingerprint density at radius 1 is 0.941 bits per heavy atom. The average Bonchev–Trinajstić information content (AvgIpc) is 3.01. The summed E-state index contributed by atoms with van der Waals surface area (Å²) in [5, 5.41) is 34.1. The molecule has 1 spiro atoms. The third-order valence-corrected chi connectivity index (χ3v) is 8.56. The Balaban J connectivity index is 2.33. The number of hydrogen-bond acceptors (Lipinski definition) is 6. The minimum absolute atomic E-state index is 0.0859. The molecule has 5 atom stereocenters. The van der Waals surface area contributed by atoms with Crippen molar-refractivity contribution in [1.82, 2.24) is 0 Å². The van der Waals surface area contributed by atoms with Crippen molar-refractivity contribution in [3.8, 4) is 0 Å². The highest BCUT2D eigenvalue weighted by atomic mass is 16.3. The Morgan fingerprint density at radius 2 is 1.47 bits per heavy atom. The molecule has 6 nitrogen and oxygen atoms in total. The molecule has 3 N–H and O–H groups in total. The van der Waals surface area contributed by atoms with Crippen molar-refractivity contribution < 1.29 is 29.7 Å². The molecule has 0 aromatic heterocycles. The van der Waals surface area contributed by atoms with Crippen molar-refractivity contribution in [2.24, 2.45) is 22.7 Å². The first kappa shape index (κ1) is 26.6. The van der Waals surface area contributed by atoms with Gasteiger partial charge in [-0.25, -0.2) is 0 Å². The van der Waals surface area contributed by atoms with Crippen LogP contribution in [0, 0.1) is 22.7 Å². The lowest BCUT2D eigenvalue weighted by atomic mass is 9.48. The van der Waals surface area contributed by atoms with Gasteiger partial charge in [0.25, 0.3) is 0 Å². The number of carbonyl (C=O) groups is 3. The first-order valence-corrected chi connectivity index (χ1v) is 12.3. The zero-order chi connectivity index (χ0) is 25.9. The summed E-state index contributed by atoms with van der Waals surface area (Å²) in [5.74, 6) is -2.91. The Labute approximate surface area is 202 Å². The SMILES string of the molecule is CC(=O)C1=C(O)C2(CC3C(CCC3(C)O)C(C)(O)C2)C(=O)C(CC=C(C)C)(CC=C(C)C)C1=O. The van der Waals surface area contributed by atoms with E-state index in [1.807, 2.05) is 39.8 Å². The molecule has 0 heterocycles. The second kappa shape index (κ2) is 8.56. The number of ketones is 3. The molecule has 0 aliphatic heterocycles. The summed E-state index contributed by atoms with van der Waals surface area (Å²) in [6.07, 6.45) is 4.98. The van der Waals surface area contributed by atoms with Crippen LogP contribution in [0.25, 0.3) is 0 Å². The third kappa shape index (κ3) is 4.03. The van der Waals surface area contributed by atoms with Crippen molar-refractivity contribution in [3.63, 3.8) is 0 Å². The second-order valence-corrected chi connectivity index (χ2v) is 11.9. The Hall–Kier alpha value is -2.05. The van der Waals surface area contributed by atoms with Crippen molar-refractivity contribution in [2.45, 2.75) is 98.2 Å². The molecular formula is C28H40O6. The van der Waals surface area contributed by atoms with E-state index in [1.54, 1.807) is 13.8 Å². The average molecular weight is 473 g/mol. The fraction of sp³-hybridized carbons (Fsp3) is 0.679. The number of hydrogen-bond donors (Lipinski definition) is 3. The van der Waals surface area contributed by atoms with Gasteiger partial charge in [-0.1, -0.05) is 23.3 Å². The number of Topliss-reactive ketones (excluding diaryl/α,β-unsaturated/α-hetero) is 3. The minimum Gasteiger partial charge on any atom is -0.510 e. The number of rotatable bonds is 5. The van der Waals surface area contributed by atoms with Gasteiger partial charge in [0.2, 0.25) is 0 Å². The summed E-state index contributed by atoms with van der Waals surface area (Å²) in [6, 6.07) is 0. The molecule has 0 aromatic rings. The van der Waals surface area contributed by atoms with E-state index in [0.29, 0.717) is 12.8 Å². The standard InChI is InChI=1S/C28H40O6/c1-16(2)8-12-27(13-9-17(3)4)22(30)21(18(5)29)23(31)28(24(27)32)14-20-19(26(7,34)15-28)10-11-25(20,6)33/h8-9,19-20,31,33-34H,10-15H2,1-7H3. The van der Waals surface area contributed by atoms with Crippen LogP contribution < -0.4 is 0 Å². The maximum Gasteiger partial charge on any atom is 0.184 e. The summed E-state index contributed by atoms with van der Waals surface area (Å²) in [5.41, 5.74) is -4.12. The van der Waals surface area contributed by atoms with Crippen LogP contribution in [-0.2, 0) is 14.4 Å². The van der Waals surface area contributed by atoms with E-state index in [9.17, 15) is 29.7 Å². The van der Waals surface area contributed by atoms with Crippen molar-refractivity contribution in [1.29, 1.82) is 0 Å². The van der Waals surface area contributed by atoms with E-state index in [1.165, 1.54) is 6.92 Å². The van der Waals surface area contributed by atoms with Crippen LogP contribution in [0.15, 0.2) is 34.6 Å². The van der Waals surface area contributed by atoms with E-state index in [-0.39, 0.29) is 37.2 Å². The van der Waals surface area contributed by atoms with Gasteiger partial charge in [0.15, 0.2) is 17.3 Å². The topological polar surface area (TPSA) is 112 Å². The monoisotopic (exact) mass is 472 g/mol. The first-order chi connectivity index (χ1) is 15.5. The van der Waals surface area contributed by atoms with Crippen molar-refractivity contribution in [3.05, 3.63) is 34.6 Å². The molecule has 0 bridgehead atoms. The largest absolute Gasteiger partial charge is 0.510 e. The lowest BCUT2D eigenvalue weighted by Gasteiger charge is -2.54. The number of fused-ring (bicyclic) bond motifs is 1. The summed E-state index contributed by atoms with van der Waals surface area (Å²) < 4.78 is 0. The van der Waals surface area contributed by atoms with Gasteiger partial charge < -0.3 is 15.3 Å². The van der Waals surface area contributed by atoms with Gasteiger partial charge in [-0.3, -0.25) is 14.4 Å². The van der Waals surface area contributed by atoms with Gasteiger partial charge >= 0.3 is 0 Å². The fourth-order valence-electron chi connectivity index (χ4n) is 6.71. The molecular weight excluding hydrogens is 432 g/mol. The molecule has 0 aromatic carbocycles. The molecule has 5 unspecified atom stereocenters. The lowest BCUT2D eigenvalue weighted by molar-refractivity contribution is -0.168. The van der Waals surface area contributed by atoms with E-state index in [2.05, 4.69) is 0 Å². The van der Waals surface area contributed by atoms with E-state index in [4.69, 9.17) is 0 Å². The summed E-state index contributed by atoms with van der Waals surface area (Å²) in [6.45, 7) is 12.1. The molecule has 0 radical (unpaired) electrons. The van der Waals surface area contributed by atoms with Crippen LogP contribution >= 0.6 is 0 Å². The van der Waals surface area contributed by atoms with Crippen LogP contribution in [0.2, 0.25) is 0 Å². The molecule has 2 saturated carbocycles. The molecule has 2 fully saturated rings. The number of carbonyl (C=O) groups excluding carboxylic acids is 3. The highest BCUT2D eigenvalue weighted by Gasteiger charge is 2.68. The number of aliphatic hydroxyl groups is 3. The molecule has 3 aliphatic rings. The quantitative estimate of drug-likeness (QED) is 0.308. The highest BCUT2D eigenvalue weighted by molar-refractivity contribution is 6.30. The zero-order valence-corrected chi connectivity index (χ0v) is 21.6. The predicted octanol–water partition coefficient (Wildman–Crippen LogP) is 4.55. The molecule has 34 heavy (non-hydrogen) atoms. The highest BCUT2D eigenvalue weighted by Crippen LogP contribution is 2.63. The predicted molar refractivity (Wildman–Crippen MR) is 130 cm³/mol. The summed E-state index contributed by atoms with van der Waals surface area (Å²) >= 11 is 0. The van der Waals surface area contributed by atoms with Gasteiger partial charge in [0, 0.05) is 0 Å². The van der Waals surface area contributed by atoms with E-state index < -0.39 is 51.1 Å². The van der Waals surface area contributed by atoms with Crippen LogP contribution in [-0.4, -0.2) is 43.9 Å². The normalized spacial score (nSPS) is 37.0. The lowest BCUT2D eigenvalue weighted by Crippen LogP contribution is -2.62. The molecule has 3 rings (SSSR count). The van der Waals surface area contributed by atoms with Crippen molar-refractivity contribution in [2.75, 3.05) is 0 Å². The van der Waals surface area contributed by atoms with Crippen LogP contribution in [0.5, 0.6) is 0 Å². The number of aliphatic hydroxyl groups excluding tert-OH is 1. The van der Waals surface area contributed by atoms with Gasteiger partial charge in [0.1, 0.15) is 11.2 Å². The number of allylic oxidation sites excluding steroid dienone is 6. The molecule has 3 aliphatic carbocycles. The zero-order valence-electron chi connectivity index (χ0n) is 21.6. The van der Waals surface area contributed by atoms with Gasteiger partial charge in [-0.15, -0.1) is 0 Å². The fourth-order valence-corrected chi connectivity index (χ4v) is 6.71. The second-order valence-electron chi connectivity index (χ2n) is 11.9. The third-order valence-electron chi connectivity index (χ3n) is 8.56. The Kier molecular flexibility index (Phi) is 6.68.